The first kappa shape index (κ1) is 15.4. The van der Waals surface area contributed by atoms with Gasteiger partial charge in [-0.25, -0.2) is 4.79 Å². The Kier molecular flexibility index (Phi) is 5.11. The molecule has 2 aromatic carbocycles. The van der Waals surface area contributed by atoms with Gasteiger partial charge in [0.1, 0.15) is 0 Å². The fraction of sp³-hybridized carbons (Fsp3) is 0.278. The van der Waals surface area contributed by atoms with Gasteiger partial charge in [0.05, 0.1) is 6.10 Å². The number of anilines is 3. The van der Waals surface area contributed by atoms with E-state index >= 15 is 0 Å². The second kappa shape index (κ2) is 7.65. The van der Waals surface area contributed by atoms with Gasteiger partial charge in [0.2, 0.25) is 0 Å². The Morgan fingerprint density at radius 2 is 1.61 bits per heavy atom. The van der Waals surface area contributed by atoms with Crippen molar-refractivity contribution in [2.45, 2.75) is 18.9 Å². The molecule has 2 aromatic rings. The van der Waals surface area contributed by atoms with Gasteiger partial charge in [-0.1, -0.05) is 18.2 Å². The highest BCUT2D eigenvalue weighted by molar-refractivity contribution is 5.99. The van der Waals surface area contributed by atoms with E-state index in [2.05, 4.69) is 16.0 Å². The summed E-state index contributed by atoms with van der Waals surface area (Å²) in [4.78, 5) is 11.9. The minimum Gasteiger partial charge on any atom is -0.382 e. The van der Waals surface area contributed by atoms with Gasteiger partial charge in [-0.05, 0) is 49.2 Å². The predicted molar refractivity (Wildman–Crippen MR) is 93.0 cm³/mol. The Bertz CT molecular complexity index is 622. The minimum absolute atomic E-state index is 0.253. The molecule has 0 saturated carbocycles. The second-order valence-electron chi connectivity index (χ2n) is 5.54. The first-order chi connectivity index (χ1) is 11.3. The van der Waals surface area contributed by atoms with E-state index in [0.29, 0.717) is 6.10 Å². The van der Waals surface area contributed by atoms with Crippen LogP contribution in [0.5, 0.6) is 0 Å². The van der Waals surface area contributed by atoms with E-state index in [0.717, 1.165) is 43.1 Å². The van der Waals surface area contributed by atoms with Crippen LogP contribution >= 0.6 is 0 Å². The van der Waals surface area contributed by atoms with Crippen molar-refractivity contribution in [3.05, 3.63) is 54.6 Å². The average molecular weight is 311 g/mol. The van der Waals surface area contributed by atoms with E-state index < -0.39 is 0 Å². The summed E-state index contributed by atoms with van der Waals surface area (Å²) in [5.41, 5.74) is 2.54. The molecule has 5 heteroatoms. The highest BCUT2D eigenvalue weighted by atomic mass is 16.5. The van der Waals surface area contributed by atoms with Crippen molar-refractivity contribution < 1.29 is 9.53 Å². The van der Waals surface area contributed by atoms with E-state index in [4.69, 9.17) is 4.74 Å². The summed E-state index contributed by atoms with van der Waals surface area (Å²) in [7, 11) is 0. The molecule has 120 valence electrons. The summed E-state index contributed by atoms with van der Waals surface area (Å²) < 4.78 is 5.58. The second-order valence-corrected chi connectivity index (χ2v) is 5.54. The van der Waals surface area contributed by atoms with Crippen LogP contribution in [-0.2, 0) is 4.74 Å². The molecule has 1 fully saturated rings. The number of ether oxygens (including phenoxy) is 1. The zero-order chi connectivity index (χ0) is 15.9. The van der Waals surface area contributed by atoms with Crippen molar-refractivity contribution in [1.82, 2.24) is 0 Å². The van der Waals surface area contributed by atoms with E-state index in [1.807, 2.05) is 54.6 Å². The van der Waals surface area contributed by atoms with Gasteiger partial charge < -0.3 is 20.7 Å². The Morgan fingerprint density at radius 3 is 2.26 bits per heavy atom. The summed E-state index contributed by atoms with van der Waals surface area (Å²) >= 11 is 0. The number of hydrogen-bond acceptors (Lipinski definition) is 3. The molecule has 5 nitrogen and oxygen atoms in total. The number of carbonyl (C=O) groups excluding carboxylic acids is 1. The first-order valence-corrected chi connectivity index (χ1v) is 7.88. The van der Waals surface area contributed by atoms with E-state index in [1.54, 1.807) is 0 Å². The van der Waals surface area contributed by atoms with Crippen LogP contribution in [0, 0.1) is 0 Å². The molecule has 0 bridgehead atoms. The molecule has 0 aliphatic carbocycles. The minimum atomic E-state index is -0.253. The molecule has 0 aromatic heterocycles. The molecule has 2 amide bonds. The summed E-state index contributed by atoms with van der Waals surface area (Å²) in [6.45, 7) is 1.69. The zero-order valence-electron chi connectivity index (χ0n) is 12.9. The maximum atomic E-state index is 11.9. The summed E-state index contributed by atoms with van der Waals surface area (Å²) in [5, 5.41) is 8.95. The lowest BCUT2D eigenvalue weighted by Crippen LogP contribution is -2.19. The third-order valence-electron chi connectivity index (χ3n) is 3.73. The normalized spacial score (nSPS) is 16.8. The number of para-hydroxylation sites is 1. The quantitative estimate of drug-likeness (QED) is 0.784. The van der Waals surface area contributed by atoms with Crippen molar-refractivity contribution in [3.8, 4) is 0 Å². The molecule has 1 saturated heterocycles. The molecule has 1 heterocycles. The largest absolute Gasteiger partial charge is 0.382 e. The third-order valence-corrected chi connectivity index (χ3v) is 3.73. The van der Waals surface area contributed by atoms with Gasteiger partial charge in [0.25, 0.3) is 0 Å². The van der Waals surface area contributed by atoms with E-state index in [1.165, 1.54) is 0 Å². The molecule has 1 aliphatic heterocycles. The smallest absolute Gasteiger partial charge is 0.323 e. The van der Waals surface area contributed by atoms with Crippen LogP contribution in [0.15, 0.2) is 54.6 Å². The van der Waals surface area contributed by atoms with Gasteiger partial charge in [-0.2, -0.15) is 0 Å². The van der Waals surface area contributed by atoms with Crippen LogP contribution < -0.4 is 16.0 Å². The van der Waals surface area contributed by atoms with Crippen molar-refractivity contribution >= 4 is 23.1 Å². The standard InChI is InChI=1S/C18H21N3O2/c22-18(20-15-5-2-1-3-6-15)21-16-10-8-14(9-11-16)19-13-17-7-4-12-23-17/h1-3,5-6,8-11,17,19H,4,7,12-13H2,(H2,20,21,22). The number of urea groups is 1. The molecule has 1 unspecified atom stereocenters. The van der Waals surface area contributed by atoms with Crippen LogP contribution in [0.2, 0.25) is 0 Å². The lowest BCUT2D eigenvalue weighted by molar-refractivity contribution is 0.120. The van der Waals surface area contributed by atoms with Crippen LogP contribution in [0.3, 0.4) is 0 Å². The van der Waals surface area contributed by atoms with Crippen molar-refractivity contribution in [2.75, 3.05) is 29.1 Å². The molecule has 3 N–H and O–H groups in total. The van der Waals surface area contributed by atoms with Gasteiger partial charge in [0.15, 0.2) is 0 Å². The summed E-state index contributed by atoms with van der Waals surface area (Å²) in [6.07, 6.45) is 2.57. The van der Waals surface area contributed by atoms with E-state index in [-0.39, 0.29) is 6.03 Å². The van der Waals surface area contributed by atoms with Crippen LogP contribution in [0.4, 0.5) is 21.9 Å². The number of benzene rings is 2. The lowest BCUT2D eigenvalue weighted by Gasteiger charge is -2.12. The lowest BCUT2D eigenvalue weighted by atomic mass is 10.2. The number of amides is 2. The van der Waals surface area contributed by atoms with Crippen LogP contribution in [0.25, 0.3) is 0 Å². The average Bonchev–Trinajstić information content (AvgIpc) is 3.08. The summed E-state index contributed by atoms with van der Waals surface area (Å²) in [5.74, 6) is 0. The molecule has 3 rings (SSSR count). The highest BCUT2D eigenvalue weighted by Gasteiger charge is 2.14. The Morgan fingerprint density at radius 1 is 0.957 bits per heavy atom. The zero-order valence-corrected chi connectivity index (χ0v) is 12.9. The van der Waals surface area contributed by atoms with Gasteiger partial charge in [0, 0.05) is 30.2 Å². The third kappa shape index (κ3) is 4.72. The van der Waals surface area contributed by atoms with Crippen LogP contribution in [0.1, 0.15) is 12.8 Å². The van der Waals surface area contributed by atoms with Gasteiger partial charge in [-0.3, -0.25) is 0 Å². The Labute approximate surface area is 136 Å². The van der Waals surface area contributed by atoms with Crippen LogP contribution in [-0.4, -0.2) is 25.3 Å². The maximum absolute atomic E-state index is 11.9. The molecule has 0 spiro atoms. The number of rotatable bonds is 5. The topological polar surface area (TPSA) is 62.4 Å². The maximum Gasteiger partial charge on any atom is 0.323 e. The number of nitrogens with one attached hydrogen (secondary N) is 3. The van der Waals surface area contributed by atoms with E-state index in [9.17, 15) is 4.79 Å². The fourth-order valence-electron chi connectivity index (χ4n) is 2.52. The molecule has 1 aliphatic rings. The molecular weight excluding hydrogens is 290 g/mol. The molecular formula is C18H21N3O2. The fourth-order valence-corrected chi connectivity index (χ4v) is 2.52. The molecule has 23 heavy (non-hydrogen) atoms. The number of hydrogen-bond donors (Lipinski definition) is 3. The van der Waals surface area contributed by atoms with Crippen molar-refractivity contribution in [1.29, 1.82) is 0 Å². The van der Waals surface area contributed by atoms with Crippen molar-refractivity contribution in [2.24, 2.45) is 0 Å². The molecule has 0 radical (unpaired) electrons. The number of carbonyl (C=O) groups is 1. The Hall–Kier alpha value is -2.53. The molecule has 1 atom stereocenters. The first-order valence-electron chi connectivity index (χ1n) is 7.88. The predicted octanol–water partition coefficient (Wildman–Crippen LogP) is 3.92. The van der Waals surface area contributed by atoms with Gasteiger partial charge in [-0.15, -0.1) is 0 Å². The van der Waals surface area contributed by atoms with Gasteiger partial charge >= 0.3 is 6.03 Å². The monoisotopic (exact) mass is 311 g/mol. The summed E-state index contributed by atoms with van der Waals surface area (Å²) in [6, 6.07) is 16.8. The highest BCUT2D eigenvalue weighted by Crippen LogP contribution is 2.16. The Balaban J connectivity index is 1.47. The van der Waals surface area contributed by atoms with Crippen molar-refractivity contribution in [3.63, 3.8) is 0 Å². The SMILES string of the molecule is O=C(Nc1ccccc1)Nc1ccc(NCC2CCCO2)cc1.